The molecule has 4 aromatic rings. The predicted octanol–water partition coefficient (Wildman–Crippen LogP) is 3.04. The van der Waals surface area contributed by atoms with Crippen molar-refractivity contribution in [2.24, 2.45) is 0 Å². The van der Waals surface area contributed by atoms with Crippen molar-refractivity contribution in [1.29, 1.82) is 0 Å². The van der Waals surface area contributed by atoms with Crippen LogP contribution in [0.1, 0.15) is 0 Å². The molecule has 0 spiro atoms. The summed E-state index contributed by atoms with van der Waals surface area (Å²) in [5.41, 5.74) is 3.21. The van der Waals surface area contributed by atoms with E-state index in [4.69, 9.17) is 9.47 Å². The molecule has 4 rings (SSSR count). The van der Waals surface area contributed by atoms with Gasteiger partial charge in [-0.2, -0.15) is 0 Å². The Balaban J connectivity index is 1.86. The molecule has 0 bridgehead atoms. The van der Waals surface area contributed by atoms with Crippen molar-refractivity contribution in [3.05, 3.63) is 48.8 Å². The highest BCUT2D eigenvalue weighted by molar-refractivity contribution is 5.84. The Hall–Kier alpha value is -3.35. The number of para-hydroxylation sites is 2. The number of methoxy groups -OCH3 is 2. The fourth-order valence-electron chi connectivity index (χ4n) is 2.62. The minimum Gasteiger partial charge on any atom is -0.497 e. The smallest absolute Gasteiger partial charge is 0.204 e. The Morgan fingerprint density at radius 1 is 1.04 bits per heavy atom. The van der Waals surface area contributed by atoms with E-state index in [-0.39, 0.29) is 0 Å². The van der Waals surface area contributed by atoms with E-state index < -0.39 is 0 Å². The van der Waals surface area contributed by atoms with Gasteiger partial charge in [0.2, 0.25) is 5.65 Å². The van der Waals surface area contributed by atoms with Crippen LogP contribution in [-0.2, 0) is 0 Å². The van der Waals surface area contributed by atoms with E-state index in [2.05, 4.69) is 20.5 Å². The van der Waals surface area contributed by atoms with Crippen LogP contribution in [0.2, 0.25) is 0 Å². The molecular formula is C17H15N5O2. The van der Waals surface area contributed by atoms with Gasteiger partial charge in [0.15, 0.2) is 5.82 Å². The normalized spacial score (nSPS) is 10.9. The van der Waals surface area contributed by atoms with Gasteiger partial charge in [0, 0.05) is 6.07 Å². The Kier molecular flexibility index (Phi) is 3.38. The van der Waals surface area contributed by atoms with Crippen LogP contribution in [0.3, 0.4) is 0 Å². The average molecular weight is 321 g/mol. The molecule has 0 saturated carbocycles. The molecule has 0 atom stereocenters. The summed E-state index contributed by atoms with van der Waals surface area (Å²) in [7, 11) is 3.23. The van der Waals surface area contributed by atoms with Crippen LogP contribution < -0.4 is 14.8 Å². The molecule has 7 heteroatoms. The SMILES string of the molecule is COc1ccc(Nc2nc3ccccc3n3cnnc23)c(OC)c1. The third-order valence-corrected chi connectivity index (χ3v) is 3.79. The zero-order chi connectivity index (χ0) is 16.5. The van der Waals surface area contributed by atoms with E-state index in [1.165, 1.54) is 0 Å². The molecule has 0 amide bonds. The van der Waals surface area contributed by atoms with Crippen molar-refractivity contribution in [1.82, 2.24) is 19.6 Å². The highest BCUT2D eigenvalue weighted by atomic mass is 16.5. The summed E-state index contributed by atoms with van der Waals surface area (Å²) in [5, 5.41) is 11.5. The summed E-state index contributed by atoms with van der Waals surface area (Å²) in [6.45, 7) is 0. The van der Waals surface area contributed by atoms with Gasteiger partial charge in [-0.05, 0) is 24.3 Å². The highest BCUT2D eigenvalue weighted by Gasteiger charge is 2.12. The predicted molar refractivity (Wildman–Crippen MR) is 91.1 cm³/mol. The molecule has 1 N–H and O–H groups in total. The second-order valence-electron chi connectivity index (χ2n) is 5.16. The Morgan fingerprint density at radius 3 is 2.75 bits per heavy atom. The maximum atomic E-state index is 5.43. The molecular weight excluding hydrogens is 306 g/mol. The summed E-state index contributed by atoms with van der Waals surface area (Å²) in [4.78, 5) is 4.67. The van der Waals surface area contributed by atoms with Gasteiger partial charge in [0.05, 0.1) is 30.9 Å². The van der Waals surface area contributed by atoms with Gasteiger partial charge >= 0.3 is 0 Å². The Bertz CT molecular complexity index is 1030. The summed E-state index contributed by atoms with van der Waals surface area (Å²) in [6, 6.07) is 13.4. The quantitative estimate of drug-likeness (QED) is 0.623. The molecule has 0 fully saturated rings. The maximum Gasteiger partial charge on any atom is 0.204 e. The van der Waals surface area contributed by atoms with Gasteiger partial charge in [0.25, 0.3) is 0 Å². The van der Waals surface area contributed by atoms with Gasteiger partial charge in [-0.3, -0.25) is 4.40 Å². The number of nitrogens with zero attached hydrogens (tertiary/aromatic N) is 4. The number of fused-ring (bicyclic) bond motifs is 3. The maximum absolute atomic E-state index is 5.43. The van der Waals surface area contributed by atoms with E-state index in [1.54, 1.807) is 20.5 Å². The largest absolute Gasteiger partial charge is 0.497 e. The first kappa shape index (κ1) is 14.3. The number of aromatic nitrogens is 4. The number of hydrogen-bond acceptors (Lipinski definition) is 6. The Morgan fingerprint density at radius 2 is 1.92 bits per heavy atom. The zero-order valence-corrected chi connectivity index (χ0v) is 13.2. The standard InChI is InChI=1S/C17H15N5O2/c1-23-11-7-8-13(15(9-11)24-2)20-16-17-21-18-10-22(17)14-6-4-3-5-12(14)19-16/h3-10H,1-2H3,(H,19,20). The molecule has 0 unspecified atom stereocenters. The topological polar surface area (TPSA) is 73.6 Å². The molecule has 2 heterocycles. The van der Waals surface area contributed by atoms with Crippen LogP contribution in [0.15, 0.2) is 48.8 Å². The minimum atomic E-state index is 0.606. The minimum absolute atomic E-state index is 0.606. The molecule has 24 heavy (non-hydrogen) atoms. The lowest BCUT2D eigenvalue weighted by molar-refractivity contribution is 0.395. The van der Waals surface area contributed by atoms with E-state index in [1.807, 2.05) is 46.9 Å². The molecule has 2 aromatic heterocycles. The van der Waals surface area contributed by atoms with Crippen molar-refractivity contribution in [2.75, 3.05) is 19.5 Å². The molecule has 0 radical (unpaired) electrons. The van der Waals surface area contributed by atoms with Gasteiger partial charge in [-0.15, -0.1) is 10.2 Å². The average Bonchev–Trinajstić information content (AvgIpc) is 3.12. The van der Waals surface area contributed by atoms with Crippen molar-refractivity contribution < 1.29 is 9.47 Å². The van der Waals surface area contributed by atoms with Crippen LogP contribution in [0, 0.1) is 0 Å². The molecule has 0 aliphatic rings. The van der Waals surface area contributed by atoms with Crippen LogP contribution in [0.5, 0.6) is 11.5 Å². The summed E-state index contributed by atoms with van der Waals surface area (Å²) in [6.07, 6.45) is 1.68. The lowest BCUT2D eigenvalue weighted by atomic mass is 10.2. The lowest BCUT2D eigenvalue weighted by Gasteiger charge is -2.13. The van der Waals surface area contributed by atoms with Crippen molar-refractivity contribution in [3.63, 3.8) is 0 Å². The van der Waals surface area contributed by atoms with E-state index in [0.717, 1.165) is 22.5 Å². The number of ether oxygens (including phenoxy) is 2. The number of rotatable bonds is 4. The van der Waals surface area contributed by atoms with Gasteiger partial charge in [0.1, 0.15) is 17.8 Å². The second kappa shape index (κ2) is 5.69. The fraction of sp³-hybridized carbons (Fsp3) is 0.118. The summed E-state index contributed by atoms with van der Waals surface area (Å²) in [5.74, 6) is 1.98. The van der Waals surface area contributed by atoms with Crippen LogP contribution in [0.4, 0.5) is 11.5 Å². The number of hydrogen-bond donors (Lipinski definition) is 1. The molecule has 0 aliphatic carbocycles. The van der Waals surface area contributed by atoms with E-state index >= 15 is 0 Å². The molecule has 120 valence electrons. The third-order valence-electron chi connectivity index (χ3n) is 3.79. The summed E-state index contributed by atoms with van der Waals surface area (Å²) >= 11 is 0. The summed E-state index contributed by atoms with van der Waals surface area (Å²) < 4.78 is 12.6. The van der Waals surface area contributed by atoms with Crippen molar-refractivity contribution in [2.45, 2.75) is 0 Å². The van der Waals surface area contributed by atoms with Crippen LogP contribution in [0.25, 0.3) is 16.7 Å². The third kappa shape index (κ3) is 2.26. The second-order valence-corrected chi connectivity index (χ2v) is 5.16. The first-order chi connectivity index (χ1) is 11.8. The first-order valence-corrected chi connectivity index (χ1v) is 7.37. The molecule has 0 saturated heterocycles. The van der Waals surface area contributed by atoms with Gasteiger partial charge in [-0.25, -0.2) is 4.98 Å². The first-order valence-electron chi connectivity index (χ1n) is 7.37. The fourth-order valence-corrected chi connectivity index (χ4v) is 2.62. The highest BCUT2D eigenvalue weighted by Crippen LogP contribution is 2.32. The zero-order valence-electron chi connectivity index (χ0n) is 13.2. The monoisotopic (exact) mass is 321 g/mol. The molecule has 2 aromatic carbocycles. The van der Waals surface area contributed by atoms with Crippen LogP contribution >= 0.6 is 0 Å². The number of nitrogens with one attached hydrogen (secondary N) is 1. The van der Waals surface area contributed by atoms with Gasteiger partial charge in [-0.1, -0.05) is 12.1 Å². The van der Waals surface area contributed by atoms with E-state index in [0.29, 0.717) is 17.2 Å². The van der Waals surface area contributed by atoms with Crippen molar-refractivity contribution in [3.8, 4) is 11.5 Å². The number of anilines is 2. The lowest BCUT2D eigenvalue weighted by Crippen LogP contribution is -2.01. The van der Waals surface area contributed by atoms with E-state index in [9.17, 15) is 0 Å². The van der Waals surface area contributed by atoms with Crippen molar-refractivity contribution >= 4 is 28.2 Å². The molecule has 7 nitrogen and oxygen atoms in total. The van der Waals surface area contributed by atoms with Gasteiger partial charge < -0.3 is 14.8 Å². The van der Waals surface area contributed by atoms with Crippen LogP contribution in [-0.4, -0.2) is 33.8 Å². The molecule has 0 aliphatic heterocycles. The Labute approximate surface area is 137 Å². The number of benzene rings is 2.